The molecular formula is C40H26O8S. The molecule has 0 aromatic heterocycles. The molecule has 0 saturated heterocycles. The van der Waals surface area contributed by atoms with Gasteiger partial charge in [0.15, 0.2) is 23.1 Å². The molecule has 0 radical (unpaired) electrons. The summed E-state index contributed by atoms with van der Waals surface area (Å²) in [5.74, 6) is -4.30. The average molecular weight is 667 g/mol. The summed E-state index contributed by atoms with van der Waals surface area (Å²) in [6.07, 6.45) is 0. The van der Waals surface area contributed by atoms with Crippen molar-refractivity contribution in [2.75, 3.05) is 0 Å². The molecule has 0 saturated carbocycles. The monoisotopic (exact) mass is 666 g/mol. The van der Waals surface area contributed by atoms with Crippen molar-refractivity contribution in [1.29, 1.82) is 0 Å². The van der Waals surface area contributed by atoms with Crippen LogP contribution < -0.4 is 0 Å². The minimum Gasteiger partial charge on any atom is -0.507 e. The van der Waals surface area contributed by atoms with Crippen LogP contribution in [0.25, 0.3) is 0 Å². The van der Waals surface area contributed by atoms with Crippen LogP contribution in [0.15, 0.2) is 155 Å². The standard InChI is InChI=1S/C40H26O8S/c41-33-21-31(39(45)27-17-9-3-10-18-27)35(23-29(33)37(43)25-13-5-1-6-14-25)49(47,48)36-24-30(38(44)26-15-7-2-8-16-26)34(42)22-32(36)40(46)28-19-11-4-12-20-28/h1-24,41-42H. The molecule has 0 unspecified atom stereocenters. The molecule has 0 aliphatic heterocycles. The van der Waals surface area contributed by atoms with Crippen molar-refractivity contribution >= 4 is 33.0 Å². The van der Waals surface area contributed by atoms with Gasteiger partial charge in [0.1, 0.15) is 11.5 Å². The van der Waals surface area contributed by atoms with Crippen molar-refractivity contribution in [3.63, 3.8) is 0 Å². The van der Waals surface area contributed by atoms with Gasteiger partial charge in [0.05, 0.1) is 20.9 Å². The highest BCUT2D eigenvalue weighted by molar-refractivity contribution is 7.91. The lowest BCUT2D eigenvalue weighted by Gasteiger charge is -2.17. The first-order valence-corrected chi connectivity index (χ1v) is 16.4. The summed E-state index contributed by atoms with van der Waals surface area (Å²) < 4.78 is 29.8. The van der Waals surface area contributed by atoms with Gasteiger partial charge in [-0.2, -0.15) is 0 Å². The zero-order valence-corrected chi connectivity index (χ0v) is 26.4. The van der Waals surface area contributed by atoms with E-state index in [0.29, 0.717) is 0 Å². The fourth-order valence-corrected chi connectivity index (χ4v) is 7.06. The Labute approximate surface area is 281 Å². The van der Waals surface area contributed by atoms with Crippen molar-refractivity contribution in [2.45, 2.75) is 9.79 Å². The molecule has 8 nitrogen and oxygen atoms in total. The van der Waals surface area contributed by atoms with Crippen molar-refractivity contribution in [3.05, 3.63) is 190 Å². The molecule has 9 heteroatoms. The number of benzene rings is 6. The predicted molar refractivity (Wildman–Crippen MR) is 181 cm³/mol. The molecule has 2 N–H and O–H groups in total. The number of carbonyl (C=O) groups excluding carboxylic acids is 4. The van der Waals surface area contributed by atoms with Crippen LogP contribution >= 0.6 is 0 Å². The van der Waals surface area contributed by atoms with Crippen LogP contribution in [-0.4, -0.2) is 41.8 Å². The number of phenols is 2. The number of rotatable bonds is 10. The molecule has 6 aromatic carbocycles. The summed E-state index contributed by atoms with van der Waals surface area (Å²) in [7, 11) is -4.98. The molecule has 0 bridgehead atoms. The molecule has 0 amide bonds. The Bertz CT molecular complexity index is 2190. The summed E-state index contributed by atoms with van der Waals surface area (Å²) in [4.78, 5) is 53.5. The third-order valence-electron chi connectivity index (χ3n) is 7.90. The number of sulfone groups is 1. The van der Waals surface area contributed by atoms with Crippen LogP contribution in [-0.2, 0) is 9.84 Å². The zero-order chi connectivity index (χ0) is 34.7. The van der Waals surface area contributed by atoms with E-state index in [2.05, 4.69) is 0 Å². The molecule has 0 fully saturated rings. The van der Waals surface area contributed by atoms with Gasteiger partial charge in [-0.25, -0.2) is 8.42 Å². The summed E-state index contributed by atoms with van der Waals surface area (Å²) >= 11 is 0. The maximum atomic E-state index is 14.9. The van der Waals surface area contributed by atoms with E-state index in [4.69, 9.17) is 0 Å². The van der Waals surface area contributed by atoms with E-state index >= 15 is 0 Å². The Morgan fingerprint density at radius 1 is 0.367 bits per heavy atom. The lowest BCUT2D eigenvalue weighted by Crippen LogP contribution is -2.17. The third-order valence-corrected chi connectivity index (χ3v) is 9.73. The summed E-state index contributed by atoms with van der Waals surface area (Å²) in [5, 5.41) is 22.1. The highest BCUT2D eigenvalue weighted by Gasteiger charge is 2.34. The van der Waals surface area contributed by atoms with E-state index < -0.39 is 76.5 Å². The predicted octanol–water partition coefficient (Wildman–Crippen LogP) is 6.85. The minimum atomic E-state index is -4.98. The second-order valence-electron chi connectivity index (χ2n) is 11.0. The number of aromatic hydroxyl groups is 2. The zero-order valence-electron chi connectivity index (χ0n) is 25.6. The smallest absolute Gasteiger partial charge is 0.208 e. The highest BCUT2D eigenvalue weighted by atomic mass is 32.2. The fourth-order valence-electron chi connectivity index (χ4n) is 5.40. The summed E-state index contributed by atoms with van der Waals surface area (Å²) in [6.45, 7) is 0. The van der Waals surface area contributed by atoms with Gasteiger partial charge >= 0.3 is 0 Å². The maximum absolute atomic E-state index is 14.9. The van der Waals surface area contributed by atoms with Crippen LogP contribution in [0.5, 0.6) is 11.5 Å². The number of hydrogen-bond acceptors (Lipinski definition) is 8. The number of carbonyl (C=O) groups is 4. The van der Waals surface area contributed by atoms with Crippen LogP contribution in [0.1, 0.15) is 63.7 Å². The van der Waals surface area contributed by atoms with Gasteiger partial charge in [0.25, 0.3) is 0 Å². The van der Waals surface area contributed by atoms with E-state index in [1.807, 2.05) is 0 Å². The van der Waals surface area contributed by atoms with E-state index in [9.17, 15) is 37.8 Å². The quantitative estimate of drug-likeness (QED) is 0.151. The Balaban J connectivity index is 1.64. The fraction of sp³-hybridized carbons (Fsp3) is 0. The second kappa shape index (κ2) is 13.3. The number of ketones is 4. The Morgan fingerprint density at radius 3 is 0.878 bits per heavy atom. The lowest BCUT2D eigenvalue weighted by molar-refractivity contribution is 0.102. The van der Waals surface area contributed by atoms with Gasteiger partial charge in [-0.15, -0.1) is 0 Å². The summed E-state index contributed by atoms with van der Waals surface area (Å²) in [5.41, 5.74) is -1.31. The molecule has 0 atom stereocenters. The van der Waals surface area contributed by atoms with E-state index in [0.717, 1.165) is 24.3 Å². The van der Waals surface area contributed by atoms with Gasteiger partial charge in [0, 0.05) is 33.4 Å². The van der Waals surface area contributed by atoms with Crippen molar-refractivity contribution in [2.24, 2.45) is 0 Å². The van der Waals surface area contributed by atoms with Crippen molar-refractivity contribution in [1.82, 2.24) is 0 Å². The van der Waals surface area contributed by atoms with Crippen molar-refractivity contribution < 1.29 is 37.8 Å². The molecule has 0 aliphatic carbocycles. The first kappa shape index (κ1) is 32.5. The van der Waals surface area contributed by atoms with Crippen LogP contribution in [0, 0.1) is 0 Å². The molecule has 0 aliphatic rings. The van der Waals surface area contributed by atoms with Gasteiger partial charge in [-0.05, 0) is 24.3 Å². The maximum Gasteiger partial charge on any atom is 0.208 e. The largest absolute Gasteiger partial charge is 0.507 e. The van der Waals surface area contributed by atoms with Crippen molar-refractivity contribution in [3.8, 4) is 11.5 Å². The van der Waals surface area contributed by atoms with Gasteiger partial charge in [-0.3, -0.25) is 19.2 Å². The molecule has 49 heavy (non-hydrogen) atoms. The van der Waals surface area contributed by atoms with Gasteiger partial charge in [0.2, 0.25) is 9.84 Å². The molecule has 6 rings (SSSR count). The number of phenolic OH excluding ortho intramolecular Hbond substituents is 2. The normalized spacial score (nSPS) is 11.1. The molecule has 240 valence electrons. The Morgan fingerprint density at radius 2 is 0.612 bits per heavy atom. The molecular weight excluding hydrogens is 640 g/mol. The topological polar surface area (TPSA) is 143 Å². The second-order valence-corrected chi connectivity index (χ2v) is 12.9. The first-order chi connectivity index (χ1) is 23.6. The van der Waals surface area contributed by atoms with Crippen LogP contribution in [0.2, 0.25) is 0 Å². The van der Waals surface area contributed by atoms with Gasteiger partial charge < -0.3 is 10.2 Å². The Hall–Kier alpha value is -6.45. The van der Waals surface area contributed by atoms with Gasteiger partial charge in [-0.1, -0.05) is 121 Å². The highest BCUT2D eigenvalue weighted by Crippen LogP contribution is 2.37. The first-order valence-electron chi connectivity index (χ1n) is 15.0. The average Bonchev–Trinajstić information content (AvgIpc) is 3.14. The molecule has 6 aromatic rings. The van der Waals surface area contributed by atoms with E-state index in [1.165, 1.54) is 48.5 Å². The lowest BCUT2D eigenvalue weighted by atomic mass is 9.97. The third kappa shape index (κ3) is 6.30. The Kier molecular flexibility index (Phi) is 8.85. The van der Waals surface area contributed by atoms with Crippen LogP contribution in [0.4, 0.5) is 0 Å². The molecule has 0 heterocycles. The number of hydrogen-bond donors (Lipinski definition) is 2. The SMILES string of the molecule is O=C(c1ccccc1)c1cc(S(=O)(=O)c2cc(C(=O)c3ccccc3)c(O)cc2C(=O)c2ccccc2)c(C(=O)c2ccccc2)cc1O. The minimum absolute atomic E-state index is 0.0896. The summed E-state index contributed by atoms with van der Waals surface area (Å²) in [6, 6.07) is 34.8. The molecule has 0 spiro atoms. The van der Waals surface area contributed by atoms with E-state index in [-0.39, 0.29) is 22.3 Å². The van der Waals surface area contributed by atoms with Crippen LogP contribution in [0.3, 0.4) is 0 Å². The van der Waals surface area contributed by atoms with E-state index in [1.54, 1.807) is 72.8 Å².